The van der Waals surface area contributed by atoms with Gasteiger partial charge in [-0.25, -0.2) is 4.39 Å². The minimum atomic E-state index is -1.04. The highest BCUT2D eigenvalue weighted by Crippen LogP contribution is 2.48. The zero-order valence-electron chi connectivity index (χ0n) is 17.5. The van der Waals surface area contributed by atoms with Crippen LogP contribution >= 0.6 is 0 Å². The molecule has 0 saturated heterocycles. The number of benzene rings is 1. The number of nitrogens with zero attached hydrogens (tertiary/aromatic N) is 1. The minimum absolute atomic E-state index is 0.0766. The molecule has 2 fully saturated rings. The van der Waals surface area contributed by atoms with E-state index in [1.807, 2.05) is 0 Å². The molecule has 6 nitrogen and oxygen atoms in total. The number of halogens is 1. The maximum atomic E-state index is 15.3. The fourth-order valence-electron chi connectivity index (χ4n) is 4.41. The van der Waals surface area contributed by atoms with Crippen LogP contribution in [0.15, 0.2) is 23.4 Å². The molecule has 2 N–H and O–H groups in total. The maximum Gasteiger partial charge on any atom is 0.304 e. The smallest absolute Gasteiger partial charge is 0.304 e. The Bertz CT molecular complexity index is 972. The molecule has 0 unspecified atom stereocenters. The van der Waals surface area contributed by atoms with Crippen molar-refractivity contribution in [2.75, 3.05) is 11.4 Å². The number of nitrogens with one attached hydrogen (secondary N) is 1. The van der Waals surface area contributed by atoms with E-state index in [0.717, 1.165) is 31.3 Å². The number of carboxylic acids is 1. The number of carbonyl (C=O) groups is 3. The van der Waals surface area contributed by atoms with Crippen LogP contribution in [0.5, 0.6) is 0 Å². The molecule has 1 aromatic rings. The monoisotopic (exact) mass is 414 g/mol. The summed E-state index contributed by atoms with van der Waals surface area (Å²) in [6, 6.07) is 3.48. The van der Waals surface area contributed by atoms with Gasteiger partial charge in [-0.05, 0) is 62.7 Å². The van der Waals surface area contributed by atoms with Crippen LogP contribution in [0.4, 0.5) is 10.1 Å². The Morgan fingerprint density at radius 3 is 2.53 bits per heavy atom. The van der Waals surface area contributed by atoms with Crippen molar-refractivity contribution in [2.24, 2.45) is 5.92 Å². The van der Waals surface area contributed by atoms with Gasteiger partial charge in [0.15, 0.2) is 0 Å². The van der Waals surface area contributed by atoms with Crippen LogP contribution < -0.4 is 10.2 Å². The zero-order valence-corrected chi connectivity index (χ0v) is 17.5. The molecule has 2 saturated carbocycles. The first-order valence-electron chi connectivity index (χ1n) is 10.5. The van der Waals surface area contributed by atoms with Crippen LogP contribution in [0.3, 0.4) is 0 Å². The lowest BCUT2D eigenvalue weighted by atomic mass is 9.84. The summed E-state index contributed by atoms with van der Waals surface area (Å²) in [5.41, 5.74) is 2.11. The molecule has 2 aliphatic carbocycles. The van der Waals surface area contributed by atoms with Gasteiger partial charge in [-0.3, -0.25) is 14.4 Å². The van der Waals surface area contributed by atoms with Crippen LogP contribution in [-0.4, -0.2) is 29.4 Å². The third-order valence-electron chi connectivity index (χ3n) is 6.29. The summed E-state index contributed by atoms with van der Waals surface area (Å²) in [5, 5.41) is 11.9. The number of rotatable bonds is 7. The second-order valence-corrected chi connectivity index (χ2v) is 9.22. The van der Waals surface area contributed by atoms with E-state index in [0.29, 0.717) is 22.5 Å². The molecule has 7 heteroatoms. The van der Waals surface area contributed by atoms with Crippen molar-refractivity contribution in [3.8, 4) is 0 Å². The third kappa shape index (κ3) is 3.61. The Balaban J connectivity index is 1.56. The summed E-state index contributed by atoms with van der Waals surface area (Å²) in [7, 11) is 0. The van der Waals surface area contributed by atoms with E-state index in [2.05, 4.69) is 5.32 Å². The van der Waals surface area contributed by atoms with E-state index in [9.17, 15) is 14.4 Å². The molecule has 2 amide bonds. The van der Waals surface area contributed by atoms with Gasteiger partial charge in [0.25, 0.3) is 0 Å². The fraction of sp³-hybridized carbons (Fsp3) is 0.522. The largest absolute Gasteiger partial charge is 0.481 e. The average Bonchev–Trinajstić information content (AvgIpc) is 3.55. The molecule has 4 rings (SSSR count). The van der Waals surface area contributed by atoms with E-state index in [1.54, 1.807) is 32.9 Å². The van der Waals surface area contributed by atoms with Crippen molar-refractivity contribution in [1.82, 2.24) is 5.32 Å². The SMILES string of the molecule is C[C@H](CC(=O)O)C(NC(=O)CN1C(=O)C(C)(C)c2c1ccc(C1CC1)c2F)=C1CC1. The Labute approximate surface area is 175 Å². The summed E-state index contributed by atoms with van der Waals surface area (Å²) in [6.07, 6.45) is 3.53. The molecule has 0 radical (unpaired) electrons. The molecule has 1 aromatic carbocycles. The van der Waals surface area contributed by atoms with Crippen molar-refractivity contribution < 1.29 is 23.9 Å². The summed E-state index contributed by atoms with van der Waals surface area (Å²) in [6.45, 7) is 4.92. The number of aliphatic carboxylic acids is 1. The van der Waals surface area contributed by atoms with Crippen LogP contribution in [0.25, 0.3) is 0 Å². The van der Waals surface area contributed by atoms with Crippen LogP contribution in [0.1, 0.15) is 69.9 Å². The lowest BCUT2D eigenvalue weighted by Gasteiger charge is -2.21. The zero-order chi connectivity index (χ0) is 21.8. The summed E-state index contributed by atoms with van der Waals surface area (Å²) >= 11 is 0. The standard InChI is InChI=1S/C23H27FN2O4/c1-12(10-18(28)29)21(14-6-7-14)25-17(27)11-26-16-9-8-15(13-4-5-13)20(24)19(16)23(2,3)22(26)30/h8-9,12-13H,4-7,10-11H2,1-3H3,(H,25,27)(H,28,29)/t12-/m1/s1. The normalized spacial score (nSPS) is 20.1. The van der Waals surface area contributed by atoms with Crippen molar-refractivity contribution >= 4 is 23.5 Å². The Hall–Kier alpha value is -2.70. The van der Waals surface area contributed by atoms with Gasteiger partial charge in [-0.15, -0.1) is 0 Å². The highest BCUT2D eigenvalue weighted by atomic mass is 19.1. The van der Waals surface area contributed by atoms with E-state index in [4.69, 9.17) is 5.11 Å². The molecular formula is C23H27FN2O4. The van der Waals surface area contributed by atoms with Crippen molar-refractivity contribution in [3.63, 3.8) is 0 Å². The van der Waals surface area contributed by atoms with Gasteiger partial charge in [-0.1, -0.05) is 13.0 Å². The van der Waals surface area contributed by atoms with Crippen LogP contribution in [0, 0.1) is 11.7 Å². The Morgan fingerprint density at radius 1 is 1.30 bits per heavy atom. The van der Waals surface area contributed by atoms with E-state index in [-0.39, 0.29) is 36.5 Å². The third-order valence-corrected chi connectivity index (χ3v) is 6.29. The number of fused-ring (bicyclic) bond motifs is 1. The van der Waals surface area contributed by atoms with Gasteiger partial charge in [0.1, 0.15) is 12.4 Å². The van der Waals surface area contributed by atoms with Gasteiger partial charge < -0.3 is 15.3 Å². The molecule has 0 bridgehead atoms. The molecule has 1 aliphatic heterocycles. The Kier molecular flexibility index (Phi) is 4.95. The maximum absolute atomic E-state index is 15.3. The molecule has 1 heterocycles. The van der Waals surface area contributed by atoms with Crippen LogP contribution in [-0.2, 0) is 19.8 Å². The summed E-state index contributed by atoms with van der Waals surface area (Å²) in [4.78, 5) is 38.3. The lowest BCUT2D eigenvalue weighted by molar-refractivity contribution is -0.137. The second kappa shape index (κ2) is 7.22. The first kappa shape index (κ1) is 20.6. The van der Waals surface area contributed by atoms with E-state index < -0.39 is 17.3 Å². The van der Waals surface area contributed by atoms with Gasteiger partial charge >= 0.3 is 5.97 Å². The number of carboxylic acid groups (broad SMARTS) is 1. The predicted octanol–water partition coefficient (Wildman–Crippen LogP) is 3.60. The molecular weight excluding hydrogens is 387 g/mol. The predicted molar refractivity (Wildman–Crippen MR) is 110 cm³/mol. The van der Waals surface area contributed by atoms with E-state index >= 15 is 4.39 Å². The molecule has 3 aliphatic rings. The number of carbonyl (C=O) groups excluding carboxylic acids is 2. The number of allylic oxidation sites excluding steroid dienone is 2. The average molecular weight is 414 g/mol. The number of anilines is 1. The minimum Gasteiger partial charge on any atom is -0.481 e. The van der Waals surface area contributed by atoms with E-state index in [1.165, 1.54) is 4.90 Å². The van der Waals surface area contributed by atoms with Gasteiger partial charge in [-0.2, -0.15) is 0 Å². The van der Waals surface area contributed by atoms with Crippen molar-refractivity contribution in [3.05, 3.63) is 40.3 Å². The Morgan fingerprint density at radius 2 is 1.97 bits per heavy atom. The first-order valence-corrected chi connectivity index (χ1v) is 10.5. The summed E-state index contributed by atoms with van der Waals surface area (Å²) in [5.74, 6) is -2.05. The quantitative estimate of drug-likeness (QED) is 0.714. The van der Waals surface area contributed by atoms with Crippen molar-refractivity contribution in [2.45, 2.75) is 64.2 Å². The molecule has 0 aromatic heterocycles. The topological polar surface area (TPSA) is 86.7 Å². The molecule has 1 atom stereocenters. The molecule has 160 valence electrons. The first-order chi connectivity index (χ1) is 14.1. The number of hydrogen-bond donors (Lipinski definition) is 2. The van der Waals surface area contributed by atoms with Gasteiger partial charge in [0, 0.05) is 17.2 Å². The summed E-state index contributed by atoms with van der Waals surface area (Å²) < 4.78 is 15.3. The van der Waals surface area contributed by atoms with Gasteiger partial charge in [0.05, 0.1) is 17.5 Å². The molecule has 0 spiro atoms. The highest BCUT2D eigenvalue weighted by molar-refractivity contribution is 6.10. The van der Waals surface area contributed by atoms with Gasteiger partial charge in [0.2, 0.25) is 11.8 Å². The lowest BCUT2D eigenvalue weighted by Crippen LogP contribution is -2.43. The fourth-order valence-corrected chi connectivity index (χ4v) is 4.41. The number of hydrogen-bond acceptors (Lipinski definition) is 3. The molecule has 30 heavy (non-hydrogen) atoms. The highest BCUT2D eigenvalue weighted by Gasteiger charge is 2.48. The second-order valence-electron chi connectivity index (χ2n) is 9.22. The number of amides is 2. The van der Waals surface area contributed by atoms with Crippen LogP contribution in [0.2, 0.25) is 0 Å². The van der Waals surface area contributed by atoms with Crippen molar-refractivity contribution in [1.29, 1.82) is 0 Å².